The number of nitrogen functional groups attached to an aromatic ring is 3. The number of nitro groups is 1. The fourth-order valence-corrected chi connectivity index (χ4v) is 2.20. The Morgan fingerprint density at radius 1 is 1.04 bits per heavy atom. The second-order valence-electron chi connectivity index (χ2n) is 5.73. The molecule has 0 aliphatic carbocycles. The van der Waals surface area contributed by atoms with Gasteiger partial charge in [-0.25, -0.2) is 0 Å². The second-order valence-corrected chi connectivity index (χ2v) is 5.73. The molecule has 0 amide bonds. The van der Waals surface area contributed by atoms with Crippen molar-refractivity contribution in [2.45, 2.75) is 19.8 Å². The molecule has 142 valence electrons. The number of non-ortho nitro benzene ring substituents is 1. The quantitative estimate of drug-likeness (QED) is 0.337. The van der Waals surface area contributed by atoms with Gasteiger partial charge in [0.15, 0.2) is 0 Å². The molecule has 0 saturated heterocycles. The number of nitro benzene ring substituents is 1. The Balaban J connectivity index is 0.000000273. The molecule has 8 nitrogen and oxygen atoms in total. The lowest BCUT2D eigenvalue weighted by Gasteiger charge is -2.23. The van der Waals surface area contributed by atoms with Crippen LogP contribution in [0.4, 0.5) is 28.4 Å². The molecular formula is C18H27N5O3. The number of aliphatic hydroxyl groups is 1. The number of hydrogen-bond donors (Lipinski definition) is 4. The molecule has 0 saturated carbocycles. The molecule has 0 spiro atoms. The molecule has 0 radical (unpaired) electrons. The highest BCUT2D eigenvalue weighted by Gasteiger charge is 2.06. The summed E-state index contributed by atoms with van der Waals surface area (Å²) in [6.45, 7) is 4.03. The van der Waals surface area contributed by atoms with Crippen LogP contribution < -0.4 is 22.1 Å². The highest BCUT2D eigenvalue weighted by molar-refractivity contribution is 5.66. The summed E-state index contributed by atoms with van der Waals surface area (Å²) in [6.07, 6.45) is 2.31. The van der Waals surface area contributed by atoms with Crippen LogP contribution in [0.5, 0.6) is 0 Å². The molecule has 0 fully saturated rings. The Morgan fingerprint density at radius 2 is 1.69 bits per heavy atom. The van der Waals surface area contributed by atoms with E-state index in [9.17, 15) is 10.1 Å². The Morgan fingerprint density at radius 3 is 2.19 bits per heavy atom. The summed E-state index contributed by atoms with van der Waals surface area (Å²) in [7, 11) is 0. The van der Waals surface area contributed by atoms with Crippen LogP contribution in [0.15, 0.2) is 42.5 Å². The minimum atomic E-state index is -0.518. The van der Waals surface area contributed by atoms with Crippen LogP contribution in [0.1, 0.15) is 19.8 Å². The van der Waals surface area contributed by atoms with Gasteiger partial charge in [-0.3, -0.25) is 10.1 Å². The fraction of sp³-hybridized carbons (Fsp3) is 0.333. The molecule has 7 N–H and O–H groups in total. The topological polar surface area (TPSA) is 145 Å². The van der Waals surface area contributed by atoms with Crippen LogP contribution in [0.3, 0.4) is 0 Å². The molecule has 26 heavy (non-hydrogen) atoms. The Labute approximate surface area is 153 Å². The molecule has 0 atom stereocenters. The van der Waals surface area contributed by atoms with Gasteiger partial charge in [0.1, 0.15) is 0 Å². The van der Waals surface area contributed by atoms with Gasteiger partial charge in [0.25, 0.3) is 5.69 Å². The second kappa shape index (κ2) is 10.8. The summed E-state index contributed by atoms with van der Waals surface area (Å²) in [5.74, 6) is 0. The zero-order valence-corrected chi connectivity index (χ0v) is 15.0. The molecule has 0 bridgehead atoms. The number of unbranched alkanes of at least 4 members (excludes halogenated alkanes) is 1. The van der Waals surface area contributed by atoms with Gasteiger partial charge in [-0.05, 0) is 36.8 Å². The van der Waals surface area contributed by atoms with Crippen molar-refractivity contribution < 1.29 is 10.0 Å². The molecule has 8 heteroatoms. The molecule has 0 aliphatic rings. The molecule has 0 heterocycles. The van der Waals surface area contributed by atoms with Gasteiger partial charge in [0.05, 0.1) is 22.9 Å². The number of benzene rings is 2. The third kappa shape index (κ3) is 6.86. The van der Waals surface area contributed by atoms with E-state index >= 15 is 0 Å². The summed E-state index contributed by atoms with van der Waals surface area (Å²) in [6, 6.07) is 11.7. The van der Waals surface area contributed by atoms with Crippen LogP contribution in [0.25, 0.3) is 0 Å². The molecule has 0 unspecified atom stereocenters. The van der Waals surface area contributed by atoms with Crippen LogP contribution in [-0.2, 0) is 0 Å². The van der Waals surface area contributed by atoms with E-state index in [4.69, 9.17) is 22.3 Å². The number of nitrogens with zero attached hydrogens (tertiary/aromatic N) is 2. The zero-order chi connectivity index (χ0) is 19.5. The summed E-state index contributed by atoms with van der Waals surface area (Å²) < 4.78 is 0. The molecule has 0 aliphatic heterocycles. The maximum atomic E-state index is 10.2. The van der Waals surface area contributed by atoms with Gasteiger partial charge in [0, 0.05) is 36.6 Å². The zero-order valence-electron chi connectivity index (χ0n) is 15.0. The van der Waals surface area contributed by atoms with Crippen molar-refractivity contribution in [3.8, 4) is 0 Å². The van der Waals surface area contributed by atoms with Crippen LogP contribution in [-0.4, -0.2) is 29.7 Å². The van der Waals surface area contributed by atoms with E-state index < -0.39 is 4.92 Å². The molecule has 2 aromatic rings. The summed E-state index contributed by atoms with van der Waals surface area (Å²) in [5.41, 5.74) is 18.8. The van der Waals surface area contributed by atoms with Gasteiger partial charge >= 0.3 is 0 Å². The van der Waals surface area contributed by atoms with Crippen molar-refractivity contribution in [1.29, 1.82) is 0 Å². The van der Waals surface area contributed by atoms with Crippen molar-refractivity contribution >= 4 is 28.4 Å². The SMILES string of the molecule is CCCCN(CCO)c1ccc(N)cc1.Nc1ccc([N+](=O)[O-])cc1N. The third-order valence-corrected chi connectivity index (χ3v) is 3.69. The lowest BCUT2D eigenvalue weighted by Crippen LogP contribution is -2.27. The molecule has 2 aromatic carbocycles. The fourth-order valence-electron chi connectivity index (χ4n) is 2.20. The van der Waals surface area contributed by atoms with Crippen molar-refractivity contribution in [3.05, 3.63) is 52.6 Å². The highest BCUT2D eigenvalue weighted by atomic mass is 16.6. The first-order valence-electron chi connectivity index (χ1n) is 8.39. The van der Waals surface area contributed by atoms with E-state index in [-0.39, 0.29) is 18.0 Å². The minimum Gasteiger partial charge on any atom is -0.399 e. The standard InChI is InChI=1S/C12H20N2O.C6H7N3O2/c1-2-3-8-14(9-10-15)12-6-4-11(13)5-7-12;7-5-2-1-4(9(10)11)3-6(5)8/h4-7,15H,2-3,8-10,13H2,1H3;1-3H,7-8H2. The largest absolute Gasteiger partial charge is 0.399 e. The van der Waals surface area contributed by atoms with E-state index in [0.29, 0.717) is 12.2 Å². The smallest absolute Gasteiger partial charge is 0.271 e. The van der Waals surface area contributed by atoms with Crippen molar-refractivity contribution in [2.24, 2.45) is 0 Å². The predicted octanol–water partition coefficient (Wildman–Crippen LogP) is 2.63. The van der Waals surface area contributed by atoms with Gasteiger partial charge in [-0.2, -0.15) is 0 Å². The van der Waals surface area contributed by atoms with Gasteiger partial charge in [0.2, 0.25) is 0 Å². The summed E-state index contributed by atoms with van der Waals surface area (Å²) in [4.78, 5) is 11.8. The van der Waals surface area contributed by atoms with Gasteiger partial charge in [-0.15, -0.1) is 0 Å². The highest BCUT2D eigenvalue weighted by Crippen LogP contribution is 2.20. The summed E-state index contributed by atoms with van der Waals surface area (Å²) in [5, 5.41) is 19.2. The van der Waals surface area contributed by atoms with Crippen molar-refractivity contribution in [3.63, 3.8) is 0 Å². The van der Waals surface area contributed by atoms with Gasteiger partial charge < -0.3 is 27.2 Å². The molecule has 2 rings (SSSR count). The average molecular weight is 361 g/mol. The lowest BCUT2D eigenvalue weighted by molar-refractivity contribution is -0.384. The van der Waals surface area contributed by atoms with Gasteiger partial charge in [-0.1, -0.05) is 13.3 Å². The van der Waals surface area contributed by atoms with Crippen LogP contribution in [0.2, 0.25) is 0 Å². The maximum Gasteiger partial charge on any atom is 0.271 e. The monoisotopic (exact) mass is 361 g/mol. The van der Waals surface area contributed by atoms with Crippen LogP contribution >= 0.6 is 0 Å². The van der Waals surface area contributed by atoms with E-state index in [0.717, 1.165) is 30.8 Å². The molecule has 0 aromatic heterocycles. The van der Waals surface area contributed by atoms with E-state index in [1.807, 2.05) is 24.3 Å². The molecular weight excluding hydrogens is 334 g/mol. The number of rotatable bonds is 7. The number of anilines is 4. The van der Waals surface area contributed by atoms with Crippen molar-refractivity contribution in [1.82, 2.24) is 0 Å². The predicted molar refractivity (Wildman–Crippen MR) is 107 cm³/mol. The summed E-state index contributed by atoms with van der Waals surface area (Å²) >= 11 is 0. The Bertz CT molecular complexity index is 692. The van der Waals surface area contributed by atoms with E-state index in [1.54, 1.807) is 0 Å². The number of nitrogens with two attached hydrogens (primary N) is 3. The third-order valence-electron chi connectivity index (χ3n) is 3.69. The maximum absolute atomic E-state index is 10.2. The first-order chi connectivity index (χ1) is 12.4. The lowest BCUT2D eigenvalue weighted by atomic mass is 10.2. The van der Waals surface area contributed by atoms with E-state index in [2.05, 4.69) is 11.8 Å². The number of hydrogen-bond acceptors (Lipinski definition) is 7. The van der Waals surface area contributed by atoms with E-state index in [1.165, 1.54) is 18.2 Å². The normalized spacial score (nSPS) is 9.92. The Kier molecular flexibility index (Phi) is 8.72. The van der Waals surface area contributed by atoms with Crippen LogP contribution in [0, 0.1) is 10.1 Å². The number of aliphatic hydroxyl groups excluding tert-OH is 1. The minimum absolute atomic E-state index is 0.0447. The van der Waals surface area contributed by atoms with Crippen molar-refractivity contribution in [2.75, 3.05) is 41.8 Å². The average Bonchev–Trinajstić information content (AvgIpc) is 2.62. The first-order valence-corrected chi connectivity index (χ1v) is 8.39. The first kappa shape index (κ1) is 21.0. The Hall–Kier alpha value is -3.00.